The third kappa shape index (κ3) is 6.90. The van der Waals surface area contributed by atoms with Crippen LogP contribution < -0.4 is 30.3 Å². The molecule has 220 valence electrons. The van der Waals surface area contributed by atoms with Crippen LogP contribution in [0.2, 0.25) is 0 Å². The van der Waals surface area contributed by atoms with E-state index in [1.807, 2.05) is 0 Å². The van der Waals surface area contributed by atoms with E-state index in [0.717, 1.165) is 11.8 Å². The second kappa shape index (κ2) is 13.1. The summed E-state index contributed by atoms with van der Waals surface area (Å²) in [5.74, 6) is 0.830. The van der Waals surface area contributed by atoms with Crippen molar-refractivity contribution in [2.45, 2.75) is 23.5 Å². The Labute approximate surface area is 246 Å². The molecule has 4 aromatic rings. The van der Waals surface area contributed by atoms with Gasteiger partial charge in [-0.2, -0.15) is 5.10 Å². The molecular formula is C28H29N5O7S2. The Balaban J connectivity index is 1.55. The number of benzene rings is 3. The summed E-state index contributed by atoms with van der Waals surface area (Å²) in [5, 5.41) is 10.1. The van der Waals surface area contributed by atoms with Crippen molar-refractivity contribution in [2.24, 2.45) is 10.2 Å². The number of carbonyl (C=O) groups is 1. The molecule has 0 aliphatic carbocycles. The summed E-state index contributed by atoms with van der Waals surface area (Å²) >= 11 is 1.07. The number of hydrazone groups is 1. The van der Waals surface area contributed by atoms with E-state index in [-0.39, 0.29) is 22.8 Å². The highest BCUT2D eigenvalue weighted by Crippen LogP contribution is 2.38. The molecule has 42 heavy (non-hydrogen) atoms. The van der Waals surface area contributed by atoms with Gasteiger partial charge in [-0.05, 0) is 48.9 Å². The fourth-order valence-electron chi connectivity index (χ4n) is 4.03. The van der Waals surface area contributed by atoms with Gasteiger partial charge in [0.2, 0.25) is 15.8 Å². The molecule has 1 amide bonds. The van der Waals surface area contributed by atoms with Crippen molar-refractivity contribution in [1.29, 1.82) is 0 Å². The van der Waals surface area contributed by atoms with Crippen LogP contribution in [0.1, 0.15) is 18.1 Å². The fourth-order valence-corrected chi connectivity index (χ4v) is 5.33. The lowest BCUT2D eigenvalue weighted by Crippen LogP contribution is -2.26. The predicted molar refractivity (Wildman–Crippen MR) is 160 cm³/mol. The number of amides is 1. The molecule has 12 nitrogen and oxygen atoms in total. The minimum Gasteiger partial charge on any atom is -0.493 e. The third-order valence-corrected chi connectivity index (χ3v) is 8.09. The molecule has 0 saturated carbocycles. The SMILES string of the molecule is COc1cc(/C(C)=N/NC(=O)CSc2nc3ccccc3c(=O)n2Cc2ccc(S(N)(=O)=O)cc2)cc(OC)c1OC. The first-order chi connectivity index (χ1) is 20.0. The number of fused-ring (bicyclic) bond motifs is 1. The molecule has 0 saturated heterocycles. The van der Waals surface area contributed by atoms with E-state index >= 15 is 0 Å². The van der Waals surface area contributed by atoms with Gasteiger partial charge < -0.3 is 14.2 Å². The van der Waals surface area contributed by atoms with Crippen LogP contribution in [-0.4, -0.2) is 56.7 Å². The highest BCUT2D eigenvalue weighted by molar-refractivity contribution is 7.99. The molecule has 0 radical (unpaired) electrons. The maximum Gasteiger partial charge on any atom is 0.262 e. The Morgan fingerprint density at radius 3 is 2.26 bits per heavy atom. The lowest BCUT2D eigenvalue weighted by Gasteiger charge is -2.14. The lowest BCUT2D eigenvalue weighted by atomic mass is 10.1. The van der Waals surface area contributed by atoms with Crippen LogP contribution in [0.3, 0.4) is 0 Å². The summed E-state index contributed by atoms with van der Waals surface area (Å²) in [7, 11) is 0.666. The monoisotopic (exact) mass is 611 g/mol. The second-order valence-corrected chi connectivity index (χ2v) is 11.4. The molecule has 3 N–H and O–H groups in total. The van der Waals surface area contributed by atoms with Crippen molar-refractivity contribution < 1.29 is 27.4 Å². The Morgan fingerprint density at radius 1 is 1.02 bits per heavy atom. The molecule has 0 bridgehead atoms. The zero-order valence-electron chi connectivity index (χ0n) is 23.3. The van der Waals surface area contributed by atoms with Crippen LogP contribution >= 0.6 is 11.8 Å². The van der Waals surface area contributed by atoms with Gasteiger partial charge in [0.05, 0.1) is 55.1 Å². The maximum atomic E-state index is 13.4. The van der Waals surface area contributed by atoms with Gasteiger partial charge in [-0.25, -0.2) is 24.0 Å². The number of carbonyl (C=O) groups excluding carboxylic acids is 1. The van der Waals surface area contributed by atoms with Gasteiger partial charge in [0, 0.05) is 5.56 Å². The van der Waals surface area contributed by atoms with E-state index in [2.05, 4.69) is 15.5 Å². The summed E-state index contributed by atoms with van der Waals surface area (Å²) < 4.78 is 40.8. The predicted octanol–water partition coefficient (Wildman–Crippen LogP) is 2.75. The number of nitrogens with zero attached hydrogens (tertiary/aromatic N) is 3. The topological polar surface area (TPSA) is 164 Å². The number of hydrogen-bond acceptors (Lipinski definition) is 10. The highest BCUT2D eigenvalue weighted by Gasteiger charge is 2.16. The number of sulfonamides is 1. The molecule has 0 unspecified atom stereocenters. The zero-order valence-corrected chi connectivity index (χ0v) is 24.9. The number of thioether (sulfide) groups is 1. The van der Waals surface area contributed by atoms with Gasteiger partial charge >= 0.3 is 0 Å². The van der Waals surface area contributed by atoms with E-state index in [1.54, 1.807) is 55.5 Å². The van der Waals surface area contributed by atoms with Gasteiger partial charge in [0.1, 0.15) is 0 Å². The molecule has 0 aliphatic heterocycles. The molecule has 0 spiro atoms. The largest absolute Gasteiger partial charge is 0.493 e. The first-order valence-electron chi connectivity index (χ1n) is 12.4. The fraction of sp³-hybridized carbons (Fsp3) is 0.214. The summed E-state index contributed by atoms with van der Waals surface area (Å²) in [5.41, 5.74) is 4.52. The van der Waals surface area contributed by atoms with Crippen molar-refractivity contribution in [2.75, 3.05) is 27.1 Å². The number of ether oxygens (including phenoxy) is 3. The van der Waals surface area contributed by atoms with Gasteiger partial charge in [0.25, 0.3) is 11.5 Å². The van der Waals surface area contributed by atoms with Crippen LogP contribution in [0.25, 0.3) is 10.9 Å². The third-order valence-electron chi connectivity index (χ3n) is 6.18. The Morgan fingerprint density at radius 2 is 1.67 bits per heavy atom. The second-order valence-electron chi connectivity index (χ2n) is 8.93. The first-order valence-corrected chi connectivity index (χ1v) is 15.0. The Kier molecular flexibility index (Phi) is 9.50. The average molecular weight is 612 g/mol. The van der Waals surface area contributed by atoms with Gasteiger partial charge in [-0.1, -0.05) is 36.0 Å². The molecule has 4 rings (SSSR count). The van der Waals surface area contributed by atoms with Gasteiger partial charge in [-0.15, -0.1) is 0 Å². The van der Waals surface area contributed by atoms with Crippen LogP contribution in [-0.2, 0) is 21.4 Å². The number of hydrogen-bond donors (Lipinski definition) is 2. The van der Waals surface area contributed by atoms with E-state index in [4.69, 9.17) is 19.3 Å². The number of nitrogens with two attached hydrogens (primary N) is 1. The first kappa shape index (κ1) is 30.6. The molecular weight excluding hydrogens is 582 g/mol. The number of primary sulfonamides is 1. The van der Waals surface area contributed by atoms with Crippen molar-refractivity contribution in [3.8, 4) is 17.2 Å². The minimum absolute atomic E-state index is 0.0381. The number of methoxy groups -OCH3 is 3. The van der Waals surface area contributed by atoms with E-state index in [1.165, 1.54) is 38.0 Å². The molecule has 1 aromatic heterocycles. The summed E-state index contributed by atoms with van der Waals surface area (Å²) in [6.07, 6.45) is 0. The number of aromatic nitrogens is 2. The van der Waals surface area contributed by atoms with Crippen LogP contribution in [0.4, 0.5) is 0 Å². The van der Waals surface area contributed by atoms with Gasteiger partial charge in [-0.3, -0.25) is 14.2 Å². The van der Waals surface area contributed by atoms with Crippen molar-refractivity contribution in [1.82, 2.24) is 15.0 Å². The van der Waals surface area contributed by atoms with Crippen LogP contribution in [0.5, 0.6) is 17.2 Å². The van der Waals surface area contributed by atoms with Crippen LogP contribution in [0.15, 0.2) is 80.6 Å². The van der Waals surface area contributed by atoms with Crippen molar-refractivity contribution >= 4 is 44.3 Å². The quantitative estimate of drug-likeness (QED) is 0.112. The van der Waals surface area contributed by atoms with Crippen LogP contribution in [0, 0.1) is 0 Å². The minimum atomic E-state index is -3.85. The standard InChI is InChI=1S/C28H29N5O7S2/c1-17(19-13-23(38-2)26(40-4)24(14-19)39-3)31-32-25(34)16-41-28-30-22-8-6-5-7-21(22)27(35)33(28)15-18-9-11-20(12-10-18)42(29,36)37/h5-14H,15-16H2,1-4H3,(H,32,34)(H2,29,36,37)/b31-17+. The molecule has 3 aromatic carbocycles. The normalized spacial score (nSPS) is 11.8. The number of nitrogens with one attached hydrogen (secondary N) is 1. The maximum absolute atomic E-state index is 13.4. The molecule has 14 heteroatoms. The zero-order chi connectivity index (χ0) is 30.4. The summed E-state index contributed by atoms with van der Waals surface area (Å²) in [4.78, 5) is 30.7. The number of rotatable bonds is 11. The average Bonchev–Trinajstić information content (AvgIpc) is 2.99. The highest BCUT2D eigenvalue weighted by atomic mass is 32.2. The molecule has 0 fully saturated rings. The van der Waals surface area contributed by atoms with E-state index in [0.29, 0.717) is 50.1 Å². The molecule has 1 heterocycles. The number of para-hydroxylation sites is 1. The van der Waals surface area contributed by atoms with Gasteiger partial charge in [0.15, 0.2) is 16.7 Å². The lowest BCUT2D eigenvalue weighted by molar-refractivity contribution is -0.118. The summed E-state index contributed by atoms with van der Waals surface area (Å²) in [6, 6.07) is 16.2. The summed E-state index contributed by atoms with van der Waals surface area (Å²) in [6.45, 7) is 1.82. The van der Waals surface area contributed by atoms with Crippen molar-refractivity contribution in [3.05, 3.63) is 82.1 Å². The van der Waals surface area contributed by atoms with E-state index in [9.17, 15) is 18.0 Å². The molecule has 0 atom stereocenters. The molecule has 0 aliphatic rings. The van der Waals surface area contributed by atoms with Crippen molar-refractivity contribution in [3.63, 3.8) is 0 Å². The Bertz CT molecular complexity index is 1800. The van der Waals surface area contributed by atoms with E-state index < -0.39 is 15.9 Å². The smallest absolute Gasteiger partial charge is 0.262 e. The Hall–Kier alpha value is -4.40.